The van der Waals surface area contributed by atoms with Gasteiger partial charge < -0.3 is 24.3 Å². The van der Waals surface area contributed by atoms with E-state index in [9.17, 15) is 4.79 Å². The van der Waals surface area contributed by atoms with Gasteiger partial charge in [0.15, 0.2) is 0 Å². The number of amides is 1. The molecule has 2 aromatic rings. The molecule has 1 aliphatic rings. The third kappa shape index (κ3) is 3.79. The van der Waals surface area contributed by atoms with Crippen molar-refractivity contribution in [3.05, 3.63) is 47.5 Å². The molecule has 0 radical (unpaired) electrons. The van der Waals surface area contributed by atoms with Crippen molar-refractivity contribution in [3.8, 4) is 23.0 Å². The van der Waals surface area contributed by atoms with Crippen molar-refractivity contribution in [3.63, 3.8) is 0 Å². The molecule has 0 aliphatic carbocycles. The number of nitrogens with one attached hydrogen (secondary N) is 1. The molecular formula is C19H21NO5. The van der Waals surface area contributed by atoms with E-state index in [-0.39, 0.29) is 12.0 Å². The molecule has 0 fully saturated rings. The second kappa shape index (κ2) is 7.34. The Morgan fingerprint density at radius 3 is 2.36 bits per heavy atom. The highest BCUT2D eigenvalue weighted by Crippen LogP contribution is 2.31. The molecule has 0 unspecified atom stereocenters. The predicted octanol–water partition coefficient (Wildman–Crippen LogP) is 2.45. The summed E-state index contributed by atoms with van der Waals surface area (Å²) < 4.78 is 21.5. The van der Waals surface area contributed by atoms with Crippen molar-refractivity contribution in [1.82, 2.24) is 5.32 Å². The predicted molar refractivity (Wildman–Crippen MR) is 93.0 cm³/mol. The second-order valence-electron chi connectivity index (χ2n) is 5.73. The molecule has 1 amide bonds. The third-order valence-electron chi connectivity index (χ3n) is 4.11. The maximum absolute atomic E-state index is 12.4. The van der Waals surface area contributed by atoms with Gasteiger partial charge in [-0.3, -0.25) is 4.79 Å². The second-order valence-corrected chi connectivity index (χ2v) is 5.73. The van der Waals surface area contributed by atoms with Gasteiger partial charge in [0.25, 0.3) is 5.91 Å². The summed E-state index contributed by atoms with van der Waals surface area (Å²) in [5, 5.41) is 2.90. The fraction of sp³-hybridized carbons (Fsp3) is 0.316. The molecule has 6 heteroatoms. The Balaban J connectivity index is 1.62. The molecule has 0 saturated carbocycles. The summed E-state index contributed by atoms with van der Waals surface area (Å²) in [6.45, 7) is 0.412. The minimum atomic E-state index is -0.200. The fourth-order valence-electron chi connectivity index (χ4n) is 2.78. The molecule has 0 spiro atoms. The van der Waals surface area contributed by atoms with Crippen LogP contribution < -0.4 is 24.3 Å². The van der Waals surface area contributed by atoms with E-state index in [4.69, 9.17) is 18.9 Å². The Labute approximate surface area is 146 Å². The van der Waals surface area contributed by atoms with Crippen LogP contribution in [0.2, 0.25) is 0 Å². The van der Waals surface area contributed by atoms with Crippen LogP contribution >= 0.6 is 0 Å². The molecule has 1 atom stereocenters. The first-order valence-corrected chi connectivity index (χ1v) is 7.97. The first-order valence-electron chi connectivity index (χ1n) is 7.97. The van der Waals surface area contributed by atoms with E-state index in [0.29, 0.717) is 23.6 Å². The third-order valence-corrected chi connectivity index (χ3v) is 4.11. The number of ether oxygens (including phenoxy) is 4. The van der Waals surface area contributed by atoms with Crippen molar-refractivity contribution in [1.29, 1.82) is 0 Å². The monoisotopic (exact) mass is 343 g/mol. The molecule has 0 bridgehead atoms. The standard InChI is InChI=1S/C19H21NO5/c1-22-14-4-5-18-12(6-14)7-17(25-18)11-20-19(21)13-8-15(23-2)10-16(9-13)24-3/h4-6,8-10,17H,7,11H2,1-3H3,(H,20,21)/t17-/m1/s1. The summed E-state index contributed by atoms with van der Waals surface area (Å²) in [5.41, 5.74) is 1.56. The largest absolute Gasteiger partial charge is 0.497 e. The van der Waals surface area contributed by atoms with E-state index in [1.54, 1.807) is 39.5 Å². The Bertz CT molecular complexity index is 752. The van der Waals surface area contributed by atoms with E-state index in [0.717, 1.165) is 23.5 Å². The topological polar surface area (TPSA) is 66.0 Å². The Morgan fingerprint density at radius 2 is 1.72 bits per heavy atom. The van der Waals surface area contributed by atoms with Gasteiger partial charge in [-0.2, -0.15) is 0 Å². The molecule has 3 rings (SSSR count). The summed E-state index contributed by atoms with van der Waals surface area (Å²) in [4.78, 5) is 12.4. The quantitative estimate of drug-likeness (QED) is 0.873. The van der Waals surface area contributed by atoms with Gasteiger partial charge in [0.05, 0.1) is 27.9 Å². The van der Waals surface area contributed by atoms with Crippen LogP contribution in [0.15, 0.2) is 36.4 Å². The lowest BCUT2D eigenvalue weighted by atomic mass is 10.1. The van der Waals surface area contributed by atoms with Gasteiger partial charge in [0.2, 0.25) is 0 Å². The number of hydrogen-bond acceptors (Lipinski definition) is 5. The molecule has 2 aromatic carbocycles. The van der Waals surface area contributed by atoms with Gasteiger partial charge in [-0.05, 0) is 30.3 Å². The maximum Gasteiger partial charge on any atom is 0.251 e. The van der Waals surface area contributed by atoms with Crippen molar-refractivity contribution < 1.29 is 23.7 Å². The van der Waals surface area contributed by atoms with E-state index in [2.05, 4.69) is 5.32 Å². The minimum Gasteiger partial charge on any atom is -0.497 e. The van der Waals surface area contributed by atoms with Gasteiger partial charge in [-0.25, -0.2) is 0 Å². The summed E-state index contributed by atoms with van der Waals surface area (Å²) in [7, 11) is 4.74. The van der Waals surface area contributed by atoms with Crippen LogP contribution in [0.3, 0.4) is 0 Å². The zero-order valence-electron chi connectivity index (χ0n) is 14.5. The maximum atomic E-state index is 12.4. The Morgan fingerprint density at radius 1 is 1.04 bits per heavy atom. The number of carbonyl (C=O) groups excluding carboxylic acids is 1. The van der Waals surface area contributed by atoms with E-state index < -0.39 is 0 Å². The van der Waals surface area contributed by atoms with E-state index in [1.807, 2.05) is 18.2 Å². The summed E-state index contributed by atoms with van der Waals surface area (Å²) in [5.74, 6) is 2.58. The number of hydrogen-bond donors (Lipinski definition) is 1. The Hall–Kier alpha value is -2.89. The van der Waals surface area contributed by atoms with Crippen LogP contribution in [-0.4, -0.2) is 39.9 Å². The van der Waals surface area contributed by atoms with Crippen LogP contribution in [0.1, 0.15) is 15.9 Å². The fourth-order valence-corrected chi connectivity index (χ4v) is 2.78. The number of methoxy groups -OCH3 is 3. The van der Waals surface area contributed by atoms with Crippen LogP contribution in [-0.2, 0) is 6.42 Å². The van der Waals surface area contributed by atoms with Crippen molar-refractivity contribution in [2.45, 2.75) is 12.5 Å². The minimum absolute atomic E-state index is 0.0986. The lowest BCUT2D eigenvalue weighted by molar-refractivity contribution is 0.0933. The summed E-state index contributed by atoms with van der Waals surface area (Å²) in [6.07, 6.45) is 0.632. The van der Waals surface area contributed by atoms with Gasteiger partial charge >= 0.3 is 0 Å². The van der Waals surface area contributed by atoms with Crippen molar-refractivity contribution in [2.75, 3.05) is 27.9 Å². The molecule has 0 saturated heterocycles. The van der Waals surface area contributed by atoms with E-state index >= 15 is 0 Å². The van der Waals surface area contributed by atoms with Gasteiger partial charge in [-0.15, -0.1) is 0 Å². The summed E-state index contributed by atoms with van der Waals surface area (Å²) in [6, 6.07) is 10.8. The zero-order chi connectivity index (χ0) is 17.8. The van der Waals surface area contributed by atoms with Gasteiger partial charge in [0, 0.05) is 23.6 Å². The van der Waals surface area contributed by atoms with Crippen LogP contribution in [0, 0.1) is 0 Å². The molecular weight excluding hydrogens is 322 g/mol. The first-order chi connectivity index (χ1) is 12.1. The average molecular weight is 343 g/mol. The SMILES string of the molecule is COc1cc(OC)cc(C(=O)NC[C@H]2Cc3cc(OC)ccc3O2)c1. The van der Waals surface area contributed by atoms with Crippen LogP contribution in [0.25, 0.3) is 0 Å². The highest BCUT2D eigenvalue weighted by atomic mass is 16.5. The molecule has 132 valence electrons. The number of rotatable bonds is 6. The van der Waals surface area contributed by atoms with Crippen LogP contribution in [0.5, 0.6) is 23.0 Å². The zero-order valence-corrected chi connectivity index (χ0v) is 14.5. The number of fused-ring (bicyclic) bond motifs is 1. The summed E-state index contributed by atoms with van der Waals surface area (Å²) >= 11 is 0. The lowest BCUT2D eigenvalue weighted by Gasteiger charge is -2.13. The van der Waals surface area contributed by atoms with Crippen molar-refractivity contribution in [2.24, 2.45) is 0 Å². The normalized spacial score (nSPS) is 15.1. The lowest BCUT2D eigenvalue weighted by Crippen LogP contribution is -2.34. The molecule has 1 heterocycles. The van der Waals surface area contributed by atoms with Crippen molar-refractivity contribution >= 4 is 5.91 Å². The number of benzene rings is 2. The highest BCUT2D eigenvalue weighted by Gasteiger charge is 2.24. The highest BCUT2D eigenvalue weighted by molar-refractivity contribution is 5.95. The molecule has 1 N–H and O–H groups in total. The number of carbonyl (C=O) groups is 1. The molecule has 25 heavy (non-hydrogen) atoms. The Kier molecular flexibility index (Phi) is 4.97. The smallest absolute Gasteiger partial charge is 0.251 e. The molecule has 0 aromatic heterocycles. The van der Waals surface area contributed by atoms with Crippen LogP contribution in [0.4, 0.5) is 0 Å². The molecule has 1 aliphatic heterocycles. The molecule has 6 nitrogen and oxygen atoms in total. The van der Waals surface area contributed by atoms with E-state index in [1.165, 1.54) is 0 Å². The van der Waals surface area contributed by atoms with Gasteiger partial charge in [-0.1, -0.05) is 0 Å². The van der Waals surface area contributed by atoms with Gasteiger partial charge in [0.1, 0.15) is 29.1 Å². The average Bonchev–Trinajstić information content (AvgIpc) is 3.07. The first kappa shape index (κ1) is 17.0.